The van der Waals surface area contributed by atoms with Crippen molar-refractivity contribution in [3.05, 3.63) is 29.8 Å². The Labute approximate surface area is 130 Å². The third-order valence-corrected chi connectivity index (χ3v) is 4.38. The standard InChI is InChI=1S/C16H25F2NOS/c1-12(2)19-16(3,11-20)8-4-5-9-21-15-10-13(17)6-7-14(15)18/h6-7,10,12,19-20H,4-5,8-9,11H2,1-3H3. The summed E-state index contributed by atoms with van der Waals surface area (Å²) in [6.45, 7) is 6.20. The fourth-order valence-corrected chi connectivity index (χ4v) is 3.25. The molecule has 1 unspecified atom stereocenters. The second kappa shape index (κ2) is 8.71. The molecule has 0 amide bonds. The van der Waals surface area contributed by atoms with Crippen LogP contribution in [0.5, 0.6) is 0 Å². The summed E-state index contributed by atoms with van der Waals surface area (Å²) in [6.07, 6.45) is 2.69. The molecular weight excluding hydrogens is 292 g/mol. The molecule has 0 aliphatic rings. The van der Waals surface area contributed by atoms with Crippen molar-refractivity contribution >= 4 is 11.8 Å². The Morgan fingerprint density at radius 2 is 2.00 bits per heavy atom. The SMILES string of the molecule is CC(C)NC(C)(CO)CCCCSc1cc(F)ccc1F. The summed E-state index contributed by atoms with van der Waals surface area (Å²) in [7, 11) is 0. The smallest absolute Gasteiger partial charge is 0.136 e. The number of rotatable bonds is 9. The first-order chi connectivity index (χ1) is 9.86. The molecule has 1 rings (SSSR count). The number of unbranched alkanes of at least 4 members (excludes halogenated alkanes) is 1. The summed E-state index contributed by atoms with van der Waals surface area (Å²) < 4.78 is 26.5. The minimum Gasteiger partial charge on any atom is -0.394 e. The summed E-state index contributed by atoms with van der Waals surface area (Å²) in [5.74, 6) is -0.0419. The molecule has 2 N–H and O–H groups in total. The molecule has 21 heavy (non-hydrogen) atoms. The van der Waals surface area contributed by atoms with E-state index in [4.69, 9.17) is 0 Å². The van der Waals surface area contributed by atoms with Crippen molar-refractivity contribution in [1.82, 2.24) is 5.32 Å². The zero-order chi connectivity index (χ0) is 15.9. The summed E-state index contributed by atoms with van der Waals surface area (Å²) in [6, 6.07) is 3.84. The van der Waals surface area contributed by atoms with Gasteiger partial charge in [-0.1, -0.05) is 20.3 Å². The first kappa shape index (κ1) is 18.4. The van der Waals surface area contributed by atoms with Gasteiger partial charge in [-0.25, -0.2) is 8.78 Å². The first-order valence-corrected chi connectivity index (χ1v) is 8.31. The highest BCUT2D eigenvalue weighted by atomic mass is 32.2. The van der Waals surface area contributed by atoms with Gasteiger partial charge in [-0.05, 0) is 43.7 Å². The van der Waals surface area contributed by atoms with E-state index in [0.717, 1.165) is 37.1 Å². The third-order valence-electron chi connectivity index (χ3n) is 3.26. The number of benzene rings is 1. The number of thioether (sulfide) groups is 1. The van der Waals surface area contributed by atoms with Crippen molar-refractivity contribution in [2.75, 3.05) is 12.4 Å². The maximum absolute atomic E-state index is 13.4. The molecule has 120 valence electrons. The van der Waals surface area contributed by atoms with E-state index < -0.39 is 5.82 Å². The average molecular weight is 317 g/mol. The maximum atomic E-state index is 13.4. The molecule has 0 saturated carbocycles. The van der Waals surface area contributed by atoms with Crippen LogP contribution in [0.15, 0.2) is 23.1 Å². The molecule has 0 fully saturated rings. The third kappa shape index (κ3) is 6.76. The molecule has 0 aliphatic carbocycles. The molecule has 0 radical (unpaired) electrons. The number of halogens is 2. The second-order valence-electron chi connectivity index (χ2n) is 5.90. The molecule has 2 nitrogen and oxygen atoms in total. The molecule has 0 aliphatic heterocycles. The molecule has 0 spiro atoms. The van der Waals surface area contributed by atoms with Crippen LogP contribution >= 0.6 is 11.8 Å². The van der Waals surface area contributed by atoms with Crippen LogP contribution in [0, 0.1) is 11.6 Å². The first-order valence-electron chi connectivity index (χ1n) is 7.33. The van der Waals surface area contributed by atoms with E-state index in [-0.39, 0.29) is 18.0 Å². The number of hydrogen-bond donors (Lipinski definition) is 2. The molecule has 0 aromatic heterocycles. The van der Waals surface area contributed by atoms with E-state index in [9.17, 15) is 13.9 Å². The van der Waals surface area contributed by atoms with Gasteiger partial charge in [-0.15, -0.1) is 11.8 Å². The topological polar surface area (TPSA) is 32.3 Å². The van der Waals surface area contributed by atoms with Crippen LogP contribution in [-0.2, 0) is 0 Å². The van der Waals surface area contributed by atoms with Gasteiger partial charge in [0.25, 0.3) is 0 Å². The lowest BCUT2D eigenvalue weighted by Crippen LogP contribution is -2.49. The highest BCUT2D eigenvalue weighted by molar-refractivity contribution is 7.99. The lowest BCUT2D eigenvalue weighted by Gasteiger charge is -2.31. The fourth-order valence-electron chi connectivity index (χ4n) is 2.28. The number of aliphatic hydroxyl groups excluding tert-OH is 1. The van der Waals surface area contributed by atoms with Gasteiger partial charge in [0.05, 0.1) is 6.61 Å². The Bertz CT molecular complexity index is 442. The van der Waals surface area contributed by atoms with Gasteiger partial charge in [-0.3, -0.25) is 0 Å². The Hall–Kier alpha value is -0.650. The Morgan fingerprint density at radius 3 is 2.62 bits per heavy atom. The van der Waals surface area contributed by atoms with Gasteiger partial charge in [0.2, 0.25) is 0 Å². The predicted molar refractivity (Wildman–Crippen MR) is 84.7 cm³/mol. The van der Waals surface area contributed by atoms with Crippen LogP contribution in [0.3, 0.4) is 0 Å². The minimum atomic E-state index is -0.409. The van der Waals surface area contributed by atoms with Crippen LogP contribution in [-0.4, -0.2) is 29.0 Å². The molecule has 0 heterocycles. The monoisotopic (exact) mass is 317 g/mol. The van der Waals surface area contributed by atoms with Crippen molar-refractivity contribution in [1.29, 1.82) is 0 Å². The molecule has 5 heteroatoms. The van der Waals surface area contributed by atoms with E-state index in [0.29, 0.717) is 10.9 Å². The Morgan fingerprint density at radius 1 is 1.29 bits per heavy atom. The van der Waals surface area contributed by atoms with E-state index in [1.54, 1.807) is 0 Å². The molecule has 1 aromatic rings. The van der Waals surface area contributed by atoms with Crippen LogP contribution in [0.4, 0.5) is 8.78 Å². The van der Waals surface area contributed by atoms with Crippen LogP contribution in [0.2, 0.25) is 0 Å². The van der Waals surface area contributed by atoms with E-state index in [1.165, 1.54) is 17.8 Å². The second-order valence-corrected chi connectivity index (χ2v) is 7.03. The van der Waals surface area contributed by atoms with Crippen molar-refractivity contribution in [3.8, 4) is 0 Å². The van der Waals surface area contributed by atoms with Crippen molar-refractivity contribution in [3.63, 3.8) is 0 Å². The van der Waals surface area contributed by atoms with Gasteiger partial charge in [0.1, 0.15) is 11.6 Å². The van der Waals surface area contributed by atoms with E-state index >= 15 is 0 Å². The van der Waals surface area contributed by atoms with Gasteiger partial charge in [0, 0.05) is 16.5 Å². The zero-order valence-corrected chi connectivity index (χ0v) is 13.8. The van der Waals surface area contributed by atoms with Gasteiger partial charge in [0.15, 0.2) is 0 Å². The summed E-state index contributed by atoms with van der Waals surface area (Å²) >= 11 is 1.34. The molecule has 0 saturated heterocycles. The average Bonchev–Trinajstić information content (AvgIpc) is 2.41. The predicted octanol–water partition coefficient (Wildman–Crippen LogP) is 3.98. The number of nitrogens with one attached hydrogen (secondary N) is 1. The number of hydrogen-bond acceptors (Lipinski definition) is 3. The normalized spacial score (nSPS) is 14.4. The molecule has 0 bridgehead atoms. The largest absolute Gasteiger partial charge is 0.394 e. The quantitative estimate of drug-likeness (QED) is 0.534. The van der Waals surface area contributed by atoms with E-state index in [2.05, 4.69) is 19.2 Å². The summed E-state index contributed by atoms with van der Waals surface area (Å²) in [4.78, 5) is 0.361. The van der Waals surface area contributed by atoms with Crippen molar-refractivity contribution in [2.45, 2.75) is 56.5 Å². The van der Waals surface area contributed by atoms with Gasteiger partial charge in [-0.2, -0.15) is 0 Å². The lowest BCUT2D eigenvalue weighted by atomic mass is 9.95. The Kier molecular flexibility index (Phi) is 7.63. The summed E-state index contributed by atoms with van der Waals surface area (Å²) in [5, 5.41) is 12.8. The van der Waals surface area contributed by atoms with Crippen LogP contribution in [0.25, 0.3) is 0 Å². The van der Waals surface area contributed by atoms with Gasteiger partial charge < -0.3 is 10.4 Å². The molecule has 1 atom stereocenters. The highest BCUT2D eigenvalue weighted by Crippen LogP contribution is 2.24. The summed E-state index contributed by atoms with van der Waals surface area (Å²) in [5.41, 5.74) is -0.275. The van der Waals surface area contributed by atoms with Crippen molar-refractivity contribution in [2.24, 2.45) is 0 Å². The Balaban J connectivity index is 2.32. The van der Waals surface area contributed by atoms with Crippen molar-refractivity contribution < 1.29 is 13.9 Å². The molecule has 1 aromatic carbocycles. The van der Waals surface area contributed by atoms with E-state index in [1.807, 2.05) is 6.92 Å². The minimum absolute atomic E-state index is 0.0941. The highest BCUT2D eigenvalue weighted by Gasteiger charge is 2.22. The lowest BCUT2D eigenvalue weighted by molar-refractivity contribution is 0.154. The van der Waals surface area contributed by atoms with Crippen LogP contribution in [0.1, 0.15) is 40.0 Å². The molecular formula is C16H25F2NOS. The zero-order valence-electron chi connectivity index (χ0n) is 13.0. The van der Waals surface area contributed by atoms with Crippen LogP contribution < -0.4 is 5.32 Å². The number of aliphatic hydroxyl groups is 1. The maximum Gasteiger partial charge on any atom is 0.136 e. The van der Waals surface area contributed by atoms with Gasteiger partial charge >= 0.3 is 0 Å². The fraction of sp³-hybridized carbons (Fsp3) is 0.625.